The lowest BCUT2D eigenvalue weighted by Crippen LogP contribution is -1.96. The average Bonchev–Trinajstić information content (AvgIpc) is 3.05. The molecule has 6 heteroatoms. The van der Waals surface area contributed by atoms with Gasteiger partial charge in [0.2, 0.25) is 0 Å². The van der Waals surface area contributed by atoms with E-state index in [1.165, 1.54) is 11.3 Å². The second kappa shape index (κ2) is 5.46. The number of hydrogen-bond donors (Lipinski definition) is 1. The van der Waals surface area contributed by atoms with Crippen molar-refractivity contribution in [1.29, 1.82) is 0 Å². The fourth-order valence-electron chi connectivity index (χ4n) is 1.98. The molecule has 0 saturated heterocycles. The van der Waals surface area contributed by atoms with E-state index >= 15 is 0 Å². The third-order valence-corrected chi connectivity index (χ3v) is 4.74. The molecule has 0 amide bonds. The van der Waals surface area contributed by atoms with E-state index in [-0.39, 0.29) is 5.56 Å². The van der Waals surface area contributed by atoms with Crippen molar-refractivity contribution in [3.8, 4) is 16.3 Å². The van der Waals surface area contributed by atoms with Crippen LogP contribution in [0.15, 0.2) is 46.4 Å². The molecule has 106 valence electrons. The van der Waals surface area contributed by atoms with Crippen LogP contribution in [0.5, 0.6) is 0 Å². The van der Waals surface area contributed by atoms with Crippen molar-refractivity contribution in [2.45, 2.75) is 6.92 Å². The van der Waals surface area contributed by atoms with Crippen molar-refractivity contribution >= 4 is 33.2 Å². The fraction of sp³-hybridized carbons (Fsp3) is 0.0667. The fourth-order valence-corrected chi connectivity index (χ4v) is 3.41. The first-order valence-corrected chi connectivity index (χ1v) is 7.86. The number of aryl methyl sites for hydroxylation is 1. The van der Waals surface area contributed by atoms with Gasteiger partial charge in [0.05, 0.1) is 10.6 Å². The number of halogens is 1. The van der Waals surface area contributed by atoms with Crippen LogP contribution >= 0.6 is 27.3 Å². The maximum atomic E-state index is 11.4. The quantitative estimate of drug-likeness (QED) is 0.752. The predicted molar refractivity (Wildman–Crippen MR) is 86.3 cm³/mol. The van der Waals surface area contributed by atoms with E-state index in [0.29, 0.717) is 5.69 Å². The second-order valence-electron chi connectivity index (χ2n) is 4.61. The Labute approximate surface area is 133 Å². The van der Waals surface area contributed by atoms with Gasteiger partial charge >= 0.3 is 5.97 Å². The number of nitrogens with zero attached hydrogens (tertiary/aromatic N) is 2. The van der Waals surface area contributed by atoms with Gasteiger partial charge in [-0.15, -0.1) is 11.3 Å². The maximum absolute atomic E-state index is 11.4. The highest BCUT2D eigenvalue weighted by atomic mass is 79.9. The molecule has 1 N–H and O–H groups in total. The molecule has 3 rings (SSSR count). The summed E-state index contributed by atoms with van der Waals surface area (Å²) >= 11 is 4.84. The molecule has 0 aliphatic carbocycles. The molecule has 0 atom stereocenters. The summed E-state index contributed by atoms with van der Waals surface area (Å²) in [6.45, 7) is 2.00. The van der Waals surface area contributed by atoms with Crippen molar-refractivity contribution in [1.82, 2.24) is 9.78 Å². The van der Waals surface area contributed by atoms with Crippen molar-refractivity contribution < 1.29 is 9.90 Å². The number of aromatic nitrogens is 2. The van der Waals surface area contributed by atoms with Gasteiger partial charge in [0.15, 0.2) is 0 Å². The summed E-state index contributed by atoms with van der Waals surface area (Å²) in [7, 11) is 0. The van der Waals surface area contributed by atoms with Crippen molar-refractivity contribution in [3.63, 3.8) is 0 Å². The summed E-state index contributed by atoms with van der Waals surface area (Å²) in [5.74, 6) is -0.979. The number of carboxylic acid groups (broad SMARTS) is 1. The van der Waals surface area contributed by atoms with Crippen LogP contribution < -0.4 is 0 Å². The second-order valence-corrected chi connectivity index (χ2v) is 6.43. The van der Waals surface area contributed by atoms with Crippen LogP contribution in [0.2, 0.25) is 0 Å². The summed E-state index contributed by atoms with van der Waals surface area (Å²) in [6.07, 6.45) is 1.55. The molecule has 0 radical (unpaired) electrons. The Morgan fingerprint density at radius 2 is 2.05 bits per heavy atom. The summed E-state index contributed by atoms with van der Waals surface area (Å²) in [6, 6.07) is 9.65. The highest BCUT2D eigenvalue weighted by molar-refractivity contribution is 9.10. The first-order chi connectivity index (χ1) is 10.0. The average molecular weight is 363 g/mol. The van der Waals surface area contributed by atoms with E-state index in [2.05, 4.69) is 21.0 Å². The SMILES string of the molecule is Cc1ccc(-n2cc(C(=O)O)c(-c3cc(Br)cs3)n2)cc1. The van der Waals surface area contributed by atoms with Gasteiger partial charge in [-0.2, -0.15) is 5.10 Å². The van der Waals surface area contributed by atoms with Crippen molar-refractivity contribution in [3.05, 3.63) is 57.5 Å². The molecule has 1 aromatic carbocycles. The summed E-state index contributed by atoms with van der Waals surface area (Å²) in [5.41, 5.74) is 2.67. The predicted octanol–water partition coefficient (Wildman–Crippen LogP) is 4.37. The van der Waals surface area contributed by atoms with E-state index in [4.69, 9.17) is 0 Å². The molecule has 0 spiro atoms. The van der Waals surface area contributed by atoms with Crippen LogP contribution in [0.4, 0.5) is 0 Å². The standard InChI is InChI=1S/C15H11BrN2O2S/c1-9-2-4-11(5-3-9)18-7-12(15(19)20)14(17-18)13-6-10(16)8-21-13/h2-8H,1H3,(H,19,20). The van der Waals surface area contributed by atoms with Gasteiger partial charge in [-0.05, 0) is 41.1 Å². The van der Waals surface area contributed by atoms with E-state index in [0.717, 1.165) is 20.6 Å². The summed E-state index contributed by atoms with van der Waals surface area (Å²) in [5, 5.41) is 15.7. The van der Waals surface area contributed by atoms with Crippen LogP contribution in [0.3, 0.4) is 0 Å². The minimum absolute atomic E-state index is 0.199. The Kier molecular flexibility index (Phi) is 3.65. The molecule has 0 saturated carbocycles. The molecular weight excluding hydrogens is 352 g/mol. The number of carbonyl (C=O) groups is 1. The Morgan fingerprint density at radius 1 is 1.33 bits per heavy atom. The molecule has 0 unspecified atom stereocenters. The third-order valence-electron chi connectivity index (χ3n) is 3.04. The van der Waals surface area contributed by atoms with Crippen LogP contribution in [0, 0.1) is 6.92 Å². The molecule has 21 heavy (non-hydrogen) atoms. The van der Waals surface area contributed by atoms with Crippen LogP contribution in [0.1, 0.15) is 15.9 Å². The number of hydrogen-bond acceptors (Lipinski definition) is 3. The number of thiophene rings is 1. The minimum Gasteiger partial charge on any atom is -0.478 e. The van der Waals surface area contributed by atoms with Gasteiger partial charge < -0.3 is 5.11 Å². The monoisotopic (exact) mass is 362 g/mol. The molecule has 3 aromatic rings. The van der Waals surface area contributed by atoms with Gasteiger partial charge in [-0.1, -0.05) is 17.7 Å². The largest absolute Gasteiger partial charge is 0.478 e. The zero-order valence-electron chi connectivity index (χ0n) is 11.1. The number of carboxylic acids is 1. The first kappa shape index (κ1) is 14.0. The minimum atomic E-state index is -0.979. The molecule has 2 heterocycles. The zero-order valence-corrected chi connectivity index (χ0v) is 13.5. The van der Waals surface area contributed by atoms with Gasteiger partial charge in [0, 0.05) is 16.0 Å². The van der Waals surface area contributed by atoms with E-state index in [1.54, 1.807) is 10.9 Å². The first-order valence-electron chi connectivity index (χ1n) is 6.19. The summed E-state index contributed by atoms with van der Waals surface area (Å²) in [4.78, 5) is 12.3. The molecule has 4 nitrogen and oxygen atoms in total. The third kappa shape index (κ3) is 2.77. The smallest absolute Gasteiger partial charge is 0.339 e. The molecule has 0 bridgehead atoms. The maximum Gasteiger partial charge on any atom is 0.339 e. The van der Waals surface area contributed by atoms with Crippen LogP contribution in [0.25, 0.3) is 16.3 Å². The normalized spacial score (nSPS) is 10.8. The zero-order chi connectivity index (χ0) is 15.0. The number of rotatable bonds is 3. The molecule has 0 aliphatic heterocycles. The highest BCUT2D eigenvalue weighted by Crippen LogP contribution is 2.31. The number of aromatic carboxylic acids is 1. The van der Waals surface area contributed by atoms with E-state index in [9.17, 15) is 9.90 Å². The Hall–Kier alpha value is -1.92. The Morgan fingerprint density at radius 3 is 2.62 bits per heavy atom. The lowest BCUT2D eigenvalue weighted by molar-refractivity contribution is 0.0697. The highest BCUT2D eigenvalue weighted by Gasteiger charge is 2.19. The lowest BCUT2D eigenvalue weighted by atomic mass is 10.2. The van der Waals surface area contributed by atoms with Gasteiger partial charge in [-0.3, -0.25) is 0 Å². The van der Waals surface area contributed by atoms with Crippen LogP contribution in [-0.4, -0.2) is 20.9 Å². The topological polar surface area (TPSA) is 55.1 Å². The summed E-state index contributed by atoms with van der Waals surface area (Å²) < 4.78 is 2.52. The molecule has 0 aliphatic rings. The van der Waals surface area contributed by atoms with Crippen molar-refractivity contribution in [2.24, 2.45) is 0 Å². The van der Waals surface area contributed by atoms with E-state index < -0.39 is 5.97 Å². The van der Waals surface area contributed by atoms with Crippen LogP contribution in [-0.2, 0) is 0 Å². The number of benzene rings is 1. The molecule has 0 fully saturated rings. The van der Waals surface area contributed by atoms with Gasteiger partial charge in [0.25, 0.3) is 0 Å². The molecular formula is C15H11BrN2O2S. The Balaban J connectivity index is 2.12. The van der Waals surface area contributed by atoms with Gasteiger partial charge in [0.1, 0.15) is 11.3 Å². The lowest BCUT2D eigenvalue weighted by Gasteiger charge is -2.00. The van der Waals surface area contributed by atoms with Gasteiger partial charge in [-0.25, -0.2) is 9.48 Å². The van der Waals surface area contributed by atoms with E-state index in [1.807, 2.05) is 42.6 Å². The Bertz CT molecular complexity index is 805. The molecule has 2 aromatic heterocycles. The van der Waals surface area contributed by atoms with Crippen molar-refractivity contribution in [2.75, 3.05) is 0 Å².